The van der Waals surface area contributed by atoms with Gasteiger partial charge < -0.3 is 29.7 Å². The van der Waals surface area contributed by atoms with Crippen LogP contribution in [-0.2, 0) is 14.3 Å². The smallest absolute Gasteiger partial charge is 0.251 e. The molecule has 1 unspecified atom stereocenters. The number of methoxy groups -OCH3 is 1. The SMILES string of the molecule is CO[C@@H]1[C@@H](n2cc(-c3cc(F)c(F)c(F)c3)nn2)[C@@H](O)[C@@H](CO)O[C@H]1SC(C(=O)N1CCC(F)(F)CC1)C1(O)CCC(F)(F)CC1. The molecule has 18 heteroatoms. The zero-order valence-corrected chi connectivity index (χ0v) is 25.3. The van der Waals surface area contributed by atoms with Crippen molar-refractivity contribution in [3.63, 3.8) is 0 Å². The van der Waals surface area contributed by atoms with E-state index in [1.807, 2.05) is 0 Å². The van der Waals surface area contributed by atoms with Crippen LogP contribution >= 0.6 is 11.8 Å². The molecule has 1 amide bonds. The third kappa shape index (κ3) is 7.01. The second-order valence-electron chi connectivity index (χ2n) is 11.9. The molecule has 0 radical (unpaired) electrons. The molecule has 0 bridgehead atoms. The van der Waals surface area contributed by atoms with Gasteiger partial charge >= 0.3 is 0 Å². The zero-order valence-electron chi connectivity index (χ0n) is 24.5. The first-order valence-corrected chi connectivity index (χ1v) is 15.5. The van der Waals surface area contributed by atoms with Crippen molar-refractivity contribution in [1.82, 2.24) is 19.9 Å². The molecule has 5 rings (SSSR count). The van der Waals surface area contributed by atoms with E-state index in [1.165, 1.54) is 13.3 Å². The van der Waals surface area contributed by atoms with Crippen LogP contribution in [-0.4, -0.2) is 114 Å². The number of amides is 1. The normalized spacial score (nSPS) is 29.8. The van der Waals surface area contributed by atoms with Gasteiger partial charge in [-0.1, -0.05) is 5.21 Å². The molecular formula is C28H33F7N4O6S. The number of piperidine rings is 1. The maximum Gasteiger partial charge on any atom is 0.251 e. The molecule has 6 atom stereocenters. The maximum atomic E-state index is 14.1. The molecule has 3 aliphatic rings. The summed E-state index contributed by atoms with van der Waals surface area (Å²) in [6.07, 6.45) is -6.58. The molecule has 1 aliphatic carbocycles. The van der Waals surface area contributed by atoms with Gasteiger partial charge in [-0.05, 0) is 25.0 Å². The predicted molar refractivity (Wildman–Crippen MR) is 147 cm³/mol. The van der Waals surface area contributed by atoms with Gasteiger partial charge in [-0.3, -0.25) is 4.79 Å². The zero-order chi connectivity index (χ0) is 33.6. The third-order valence-corrected chi connectivity index (χ3v) is 10.4. The number of benzene rings is 1. The van der Waals surface area contributed by atoms with Crippen molar-refractivity contribution in [1.29, 1.82) is 0 Å². The molecule has 2 aliphatic heterocycles. The molecule has 10 nitrogen and oxygen atoms in total. The molecule has 46 heavy (non-hydrogen) atoms. The predicted octanol–water partition coefficient (Wildman–Crippen LogP) is 3.30. The highest BCUT2D eigenvalue weighted by molar-refractivity contribution is 8.01. The number of aliphatic hydroxyl groups excluding tert-OH is 2. The lowest BCUT2D eigenvalue weighted by atomic mass is 9.80. The molecular weight excluding hydrogens is 653 g/mol. The second-order valence-corrected chi connectivity index (χ2v) is 13.1. The van der Waals surface area contributed by atoms with Crippen LogP contribution in [0.3, 0.4) is 0 Å². The summed E-state index contributed by atoms with van der Waals surface area (Å²) >= 11 is 0.688. The van der Waals surface area contributed by atoms with Gasteiger partial charge in [0.25, 0.3) is 5.92 Å². The molecule has 256 valence electrons. The lowest BCUT2D eigenvalue weighted by Crippen LogP contribution is -2.59. The van der Waals surface area contributed by atoms with E-state index in [2.05, 4.69) is 10.3 Å². The molecule has 1 aromatic heterocycles. The van der Waals surface area contributed by atoms with Gasteiger partial charge in [-0.15, -0.1) is 16.9 Å². The fraction of sp³-hybridized carbons (Fsp3) is 0.679. The molecule has 2 aromatic rings. The lowest BCUT2D eigenvalue weighted by molar-refractivity contribution is -0.187. The summed E-state index contributed by atoms with van der Waals surface area (Å²) in [6, 6.07) is 0.147. The molecule has 3 heterocycles. The Hall–Kier alpha value is -2.51. The summed E-state index contributed by atoms with van der Waals surface area (Å²) in [4.78, 5) is 15.0. The summed E-state index contributed by atoms with van der Waals surface area (Å²) in [5.41, 5.74) is -3.58. The Labute approximate surface area is 262 Å². The Morgan fingerprint density at radius 3 is 2.22 bits per heavy atom. The number of carbonyl (C=O) groups excluding carboxylic acids is 1. The number of hydrogen-bond donors (Lipinski definition) is 3. The Kier molecular flexibility index (Phi) is 9.98. The number of aliphatic hydroxyl groups is 3. The minimum absolute atomic E-state index is 0.122. The fourth-order valence-corrected chi connectivity index (χ4v) is 7.72. The van der Waals surface area contributed by atoms with Crippen LogP contribution in [0.15, 0.2) is 18.3 Å². The number of thioether (sulfide) groups is 1. The highest BCUT2D eigenvalue weighted by atomic mass is 32.2. The number of rotatable bonds is 8. The van der Waals surface area contributed by atoms with Gasteiger partial charge in [0, 0.05) is 51.4 Å². The van der Waals surface area contributed by atoms with E-state index in [-0.39, 0.29) is 24.3 Å². The number of halogens is 7. The summed E-state index contributed by atoms with van der Waals surface area (Å²) in [5, 5.41) is 39.1. The first kappa shape index (κ1) is 34.8. The maximum absolute atomic E-state index is 14.1. The fourth-order valence-electron chi connectivity index (χ4n) is 6.06. The molecule has 1 aromatic carbocycles. The van der Waals surface area contributed by atoms with Crippen LogP contribution < -0.4 is 0 Å². The van der Waals surface area contributed by atoms with E-state index in [1.54, 1.807) is 0 Å². The van der Waals surface area contributed by atoms with Crippen molar-refractivity contribution >= 4 is 17.7 Å². The van der Waals surface area contributed by atoms with Crippen LogP contribution in [0.1, 0.15) is 44.6 Å². The topological polar surface area (TPSA) is 130 Å². The molecule has 1 saturated carbocycles. The van der Waals surface area contributed by atoms with Gasteiger partial charge in [0.2, 0.25) is 11.8 Å². The number of carbonyl (C=O) groups is 1. The van der Waals surface area contributed by atoms with Gasteiger partial charge in [0.05, 0.1) is 18.4 Å². The van der Waals surface area contributed by atoms with Gasteiger partial charge in [0.15, 0.2) is 17.5 Å². The average Bonchev–Trinajstić information content (AvgIpc) is 3.50. The van der Waals surface area contributed by atoms with Crippen molar-refractivity contribution in [2.45, 2.75) is 91.0 Å². The van der Waals surface area contributed by atoms with E-state index in [0.29, 0.717) is 23.9 Å². The Bertz CT molecular complexity index is 1380. The highest BCUT2D eigenvalue weighted by Gasteiger charge is 2.55. The van der Waals surface area contributed by atoms with Crippen molar-refractivity contribution < 1.29 is 60.3 Å². The van der Waals surface area contributed by atoms with Crippen LogP contribution in [0.2, 0.25) is 0 Å². The first-order valence-electron chi connectivity index (χ1n) is 14.5. The highest BCUT2D eigenvalue weighted by Crippen LogP contribution is 2.47. The number of aromatic nitrogens is 3. The summed E-state index contributed by atoms with van der Waals surface area (Å²) in [5.74, 6) is -11.5. The van der Waals surface area contributed by atoms with Crippen molar-refractivity contribution in [3.8, 4) is 11.3 Å². The van der Waals surface area contributed by atoms with Gasteiger partial charge in [0.1, 0.15) is 40.7 Å². The molecule has 0 spiro atoms. The average molecular weight is 687 g/mol. The van der Waals surface area contributed by atoms with E-state index in [0.717, 1.165) is 9.58 Å². The van der Waals surface area contributed by atoms with Crippen LogP contribution in [0.4, 0.5) is 30.7 Å². The summed E-state index contributed by atoms with van der Waals surface area (Å²) in [6.45, 7) is -1.42. The van der Waals surface area contributed by atoms with Crippen molar-refractivity contribution in [3.05, 3.63) is 35.8 Å². The van der Waals surface area contributed by atoms with E-state index < -0.39 is 121 Å². The van der Waals surface area contributed by atoms with Gasteiger partial charge in [-0.2, -0.15) is 0 Å². The third-order valence-electron chi connectivity index (χ3n) is 8.83. The monoisotopic (exact) mass is 686 g/mol. The molecule has 2 saturated heterocycles. The van der Waals surface area contributed by atoms with Crippen LogP contribution in [0, 0.1) is 17.5 Å². The number of nitrogens with zero attached hydrogens (tertiary/aromatic N) is 4. The van der Waals surface area contributed by atoms with Crippen molar-refractivity contribution in [2.75, 3.05) is 26.8 Å². The standard InChI is InChI=1S/C28H33F7N4O6S/c1-44-22-20(39-12-17(36-37-39)14-10-15(29)19(31)16(30)11-14)21(41)18(13-40)45-25(22)46-23(26(43)2-4-27(32,33)5-3-26)24(42)38-8-6-28(34,35)7-9-38/h10-12,18,20-23,25,40-41,43H,2-9,13H2,1H3/t18-,20+,21+,22-,23?,25+/m1/s1. The first-order chi connectivity index (χ1) is 21.6. The molecule has 3 fully saturated rings. The number of likely N-dealkylation sites (tertiary alicyclic amines) is 1. The van der Waals surface area contributed by atoms with Crippen LogP contribution in [0.5, 0.6) is 0 Å². The Balaban J connectivity index is 1.47. The number of ether oxygens (including phenoxy) is 2. The van der Waals surface area contributed by atoms with Crippen LogP contribution in [0.25, 0.3) is 11.3 Å². The van der Waals surface area contributed by atoms with Gasteiger partial charge in [-0.25, -0.2) is 35.4 Å². The largest absolute Gasteiger partial charge is 0.394 e. The van der Waals surface area contributed by atoms with E-state index >= 15 is 0 Å². The quantitative estimate of drug-likeness (QED) is 0.283. The van der Waals surface area contributed by atoms with E-state index in [4.69, 9.17) is 9.47 Å². The summed E-state index contributed by atoms with van der Waals surface area (Å²) in [7, 11) is 1.22. The molecule has 3 N–H and O–H groups in total. The minimum atomic E-state index is -3.08. The van der Waals surface area contributed by atoms with Crippen molar-refractivity contribution in [2.24, 2.45) is 0 Å². The second kappa shape index (κ2) is 13.2. The Morgan fingerprint density at radius 2 is 1.65 bits per heavy atom. The summed E-state index contributed by atoms with van der Waals surface area (Å²) < 4.78 is 110. The van der Waals surface area contributed by atoms with E-state index in [9.17, 15) is 50.8 Å². The minimum Gasteiger partial charge on any atom is -0.394 e. The Morgan fingerprint density at radius 1 is 1.07 bits per heavy atom. The number of hydrogen-bond acceptors (Lipinski definition) is 9. The number of alkyl halides is 4. The lowest BCUT2D eigenvalue weighted by Gasteiger charge is -2.47.